The number of H-pyrrole nitrogens is 2. The number of piperidine rings is 1. The van der Waals surface area contributed by atoms with Crippen LogP contribution in [0, 0.1) is 0 Å². The highest BCUT2D eigenvalue weighted by Gasteiger charge is 2.27. The highest BCUT2D eigenvalue weighted by atomic mass is 16.4. The van der Waals surface area contributed by atoms with Gasteiger partial charge in [0.15, 0.2) is 5.65 Å². The molecule has 1 fully saturated rings. The summed E-state index contributed by atoms with van der Waals surface area (Å²) in [5.41, 5.74) is 0.500. The number of amides is 2. The Morgan fingerprint density at radius 3 is 2.79 bits per heavy atom. The summed E-state index contributed by atoms with van der Waals surface area (Å²) in [6.07, 6.45) is 3.19. The first-order chi connectivity index (χ1) is 13.4. The second kappa shape index (κ2) is 8.68. The number of aromatic nitrogens is 3. The molecule has 2 aromatic rings. The number of fused-ring (bicyclic) bond motifs is 1. The molecule has 0 spiro atoms. The van der Waals surface area contributed by atoms with Crippen LogP contribution in [0.15, 0.2) is 16.9 Å². The molecule has 10 nitrogen and oxygen atoms in total. The van der Waals surface area contributed by atoms with Crippen LogP contribution >= 0.6 is 0 Å². The molecule has 2 amide bonds. The van der Waals surface area contributed by atoms with Gasteiger partial charge in [0.05, 0.1) is 5.52 Å². The molecule has 0 radical (unpaired) electrons. The van der Waals surface area contributed by atoms with Crippen LogP contribution in [0.3, 0.4) is 0 Å². The average Bonchev–Trinajstić information content (AvgIpc) is 3.04. The number of aliphatic carboxylic acids is 1. The van der Waals surface area contributed by atoms with E-state index in [1.807, 2.05) is 0 Å². The smallest absolute Gasteiger partial charge is 0.325 e. The van der Waals surface area contributed by atoms with Gasteiger partial charge in [0.2, 0.25) is 11.8 Å². The van der Waals surface area contributed by atoms with E-state index in [1.54, 1.807) is 17.0 Å². The van der Waals surface area contributed by atoms with Crippen LogP contribution in [-0.4, -0.2) is 55.3 Å². The van der Waals surface area contributed by atoms with Gasteiger partial charge in [0.25, 0.3) is 0 Å². The first-order valence-electron chi connectivity index (χ1n) is 9.32. The number of likely N-dealkylation sites (tertiary alicyclic amines) is 1. The van der Waals surface area contributed by atoms with Crippen molar-refractivity contribution in [2.75, 3.05) is 11.9 Å². The molecular formula is C18H23N5O5. The van der Waals surface area contributed by atoms with Crippen LogP contribution in [-0.2, 0) is 14.4 Å². The van der Waals surface area contributed by atoms with Gasteiger partial charge < -0.3 is 20.3 Å². The van der Waals surface area contributed by atoms with Gasteiger partial charge >= 0.3 is 11.7 Å². The number of nitrogens with zero attached hydrogens (tertiary/aromatic N) is 2. The van der Waals surface area contributed by atoms with E-state index in [9.17, 15) is 19.2 Å². The topological polar surface area (TPSA) is 148 Å². The zero-order valence-electron chi connectivity index (χ0n) is 15.4. The molecule has 1 saturated heterocycles. The van der Waals surface area contributed by atoms with Crippen molar-refractivity contribution >= 4 is 34.8 Å². The predicted molar refractivity (Wildman–Crippen MR) is 101 cm³/mol. The monoisotopic (exact) mass is 389 g/mol. The Morgan fingerprint density at radius 2 is 2.00 bits per heavy atom. The van der Waals surface area contributed by atoms with Crippen molar-refractivity contribution < 1.29 is 19.5 Å². The van der Waals surface area contributed by atoms with Gasteiger partial charge in [-0.2, -0.15) is 0 Å². The number of imidazole rings is 1. The van der Waals surface area contributed by atoms with Gasteiger partial charge in [-0.3, -0.25) is 19.4 Å². The minimum atomic E-state index is -0.870. The molecule has 2 aromatic heterocycles. The van der Waals surface area contributed by atoms with E-state index in [1.165, 1.54) is 0 Å². The van der Waals surface area contributed by atoms with Gasteiger partial charge in [-0.15, -0.1) is 0 Å². The number of aromatic amines is 2. The number of anilines is 1. The number of rotatable bonds is 7. The fourth-order valence-electron chi connectivity index (χ4n) is 3.47. The maximum atomic E-state index is 12.5. The van der Waals surface area contributed by atoms with Crippen molar-refractivity contribution in [2.45, 2.75) is 51.0 Å². The Kier molecular flexibility index (Phi) is 6.07. The summed E-state index contributed by atoms with van der Waals surface area (Å²) in [7, 11) is 0. The van der Waals surface area contributed by atoms with Gasteiger partial charge in [0, 0.05) is 31.8 Å². The SMILES string of the molecule is O=C(O)CCC1CCCCN1C(=O)CCC(=O)Nc1ccc2[nH]c(=O)[nH]c2n1. The summed E-state index contributed by atoms with van der Waals surface area (Å²) >= 11 is 0. The van der Waals surface area contributed by atoms with Gasteiger partial charge in [-0.1, -0.05) is 0 Å². The molecule has 1 aliphatic rings. The lowest BCUT2D eigenvalue weighted by Gasteiger charge is -2.35. The zero-order valence-corrected chi connectivity index (χ0v) is 15.4. The number of hydrogen-bond donors (Lipinski definition) is 4. The molecule has 150 valence electrons. The lowest BCUT2D eigenvalue weighted by atomic mass is 9.97. The number of hydrogen-bond acceptors (Lipinski definition) is 5. The summed E-state index contributed by atoms with van der Waals surface area (Å²) in [6, 6.07) is 3.12. The molecule has 10 heteroatoms. The molecule has 3 heterocycles. The van der Waals surface area contributed by atoms with E-state index in [2.05, 4.69) is 20.3 Å². The molecule has 3 rings (SSSR count). The Balaban J connectivity index is 1.52. The number of carboxylic acid groups (broad SMARTS) is 1. The summed E-state index contributed by atoms with van der Waals surface area (Å²) in [5, 5.41) is 11.5. The molecule has 0 bridgehead atoms. The fourth-order valence-corrected chi connectivity index (χ4v) is 3.47. The summed E-state index contributed by atoms with van der Waals surface area (Å²) in [6.45, 7) is 0.601. The van der Waals surface area contributed by atoms with E-state index < -0.39 is 5.97 Å². The second-order valence-corrected chi connectivity index (χ2v) is 6.89. The molecule has 28 heavy (non-hydrogen) atoms. The molecule has 0 aromatic carbocycles. The number of pyridine rings is 1. The van der Waals surface area contributed by atoms with Crippen LogP contribution in [0.4, 0.5) is 5.82 Å². The van der Waals surface area contributed by atoms with Gasteiger partial charge in [-0.25, -0.2) is 9.78 Å². The zero-order chi connectivity index (χ0) is 20.1. The summed E-state index contributed by atoms with van der Waals surface area (Å²) < 4.78 is 0. The molecule has 0 saturated carbocycles. The molecular weight excluding hydrogens is 366 g/mol. The van der Waals surface area contributed by atoms with Crippen LogP contribution in [0.25, 0.3) is 11.2 Å². The lowest BCUT2D eigenvalue weighted by Crippen LogP contribution is -2.44. The number of carboxylic acids is 1. The Labute approximate surface area is 160 Å². The Hall–Kier alpha value is -3.17. The van der Waals surface area contributed by atoms with E-state index >= 15 is 0 Å². The average molecular weight is 389 g/mol. The van der Waals surface area contributed by atoms with Crippen molar-refractivity contribution in [2.24, 2.45) is 0 Å². The third-order valence-corrected chi connectivity index (χ3v) is 4.85. The van der Waals surface area contributed by atoms with E-state index in [0.29, 0.717) is 24.1 Å². The van der Waals surface area contributed by atoms with Crippen LogP contribution in [0.5, 0.6) is 0 Å². The standard InChI is InChI=1S/C18H23N5O5/c24-14(20-13-6-5-12-17(21-13)22-18(28)19-12)7-8-15(25)23-10-2-1-3-11(23)4-9-16(26)27/h5-6,11H,1-4,7-10H2,(H,26,27)(H3,19,20,21,22,24,28). The highest BCUT2D eigenvalue weighted by Crippen LogP contribution is 2.22. The summed E-state index contributed by atoms with van der Waals surface area (Å²) in [5.74, 6) is -1.07. The highest BCUT2D eigenvalue weighted by molar-refractivity contribution is 5.93. The predicted octanol–water partition coefficient (Wildman–Crippen LogP) is 1.22. The molecule has 4 N–H and O–H groups in total. The second-order valence-electron chi connectivity index (χ2n) is 6.89. The largest absolute Gasteiger partial charge is 0.481 e. The van der Waals surface area contributed by atoms with Crippen molar-refractivity contribution in [1.29, 1.82) is 0 Å². The Morgan fingerprint density at radius 1 is 1.18 bits per heavy atom. The molecule has 1 atom stereocenters. The minimum absolute atomic E-state index is 0.00432. The van der Waals surface area contributed by atoms with E-state index in [0.717, 1.165) is 19.3 Å². The third-order valence-electron chi connectivity index (χ3n) is 4.85. The number of nitrogens with one attached hydrogen (secondary N) is 3. The Bertz CT molecular complexity index is 934. The van der Waals surface area contributed by atoms with E-state index in [-0.39, 0.29) is 48.6 Å². The normalized spacial score (nSPS) is 16.9. The van der Waals surface area contributed by atoms with Crippen molar-refractivity contribution in [1.82, 2.24) is 19.9 Å². The van der Waals surface area contributed by atoms with Crippen molar-refractivity contribution in [3.05, 3.63) is 22.6 Å². The van der Waals surface area contributed by atoms with E-state index in [4.69, 9.17) is 5.11 Å². The maximum absolute atomic E-state index is 12.5. The summed E-state index contributed by atoms with van der Waals surface area (Å²) in [4.78, 5) is 57.7. The van der Waals surface area contributed by atoms with Crippen LogP contribution in [0.1, 0.15) is 44.9 Å². The van der Waals surface area contributed by atoms with Gasteiger partial charge in [0.1, 0.15) is 5.82 Å². The number of carbonyl (C=O) groups is 3. The van der Waals surface area contributed by atoms with Crippen molar-refractivity contribution in [3.63, 3.8) is 0 Å². The molecule has 1 aliphatic heterocycles. The number of carbonyl (C=O) groups excluding carboxylic acids is 2. The molecule has 1 unspecified atom stereocenters. The van der Waals surface area contributed by atoms with Gasteiger partial charge in [-0.05, 0) is 37.8 Å². The van der Waals surface area contributed by atoms with Crippen LogP contribution in [0.2, 0.25) is 0 Å². The maximum Gasteiger partial charge on any atom is 0.325 e. The first-order valence-corrected chi connectivity index (χ1v) is 9.32. The van der Waals surface area contributed by atoms with Crippen molar-refractivity contribution in [3.8, 4) is 0 Å². The fraction of sp³-hybridized carbons (Fsp3) is 0.500. The third kappa shape index (κ3) is 4.96. The van der Waals surface area contributed by atoms with Crippen LogP contribution < -0.4 is 11.0 Å². The lowest BCUT2D eigenvalue weighted by molar-refractivity contribution is -0.140. The minimum Gasteiger partial charge on any atom is -0.481 e. The first kappa shape index (κ1) is 19.6. The molecule has 0 aliphatic carbocycles. The quantitative estimate of drug-likeness (QED) is 0.559.